The summed E-state index contributed by atoms with van der Waals surface area (Å²) in [4.78, 5) is 11.2. The van der Waals surface area contributed by atoms with E-state index in [1.54, 1.807) is 0 Å². The van der Waals surface area contributed by atoms with Crippen molar-refractivity contribution in [2.45, 2.75) is 39.2 Å². The van der Waals surface area contributed by atoms with Gasteiger partial charge in [-0.15, -0.1) is 0 Å². The fraction of sp³-hybridized carbons (Fsp3) is 0.900. The number of carbonyl (C=O) groups excluding carboxylic acids is 1. The topological polar surface area (TPSA) is 47.6 Å². The molecule has 15 heavy (non-hydrogen) atoms. The molecule has 0 radical (unpaired) electrons. The molecular formula is C10H20INO3. The fourth-order valence-electron chi connectivity index (χ4n) is 0.888. The van der Waals surface area contributed by atoms with Crippen LogP contribution in [0.2, 0.25) is 0 Å². The number of unbranched alkanes of at least 4 members (excludes halogenated alkanes) is 1. The minimum Gasteiger partial charge on any atom is -0.444 e. The molecule has 0 aliphatic rings. The summed E-state index contributed by atoms with van der Waals surface area (Å²) in [7, 11) is 0. The Hall–Kier alpha value is -0.0400. The maximum atomic E-state index is 11.2. The van der Waals surface area contributed by atoms with Gasteiger partial charge in [0.25, 0.3) is 0 Å². The van der Waals surface area contributed by atoms with E-state index >= 15 is 0 Å². The molecule has 0 unspecified atom stereocenters. The number of alkyl carbamates (subject to hydrolysis) is 1. The summed E-state index contributed by atoms with van der Waals surface area (Å²) in [5.41, 5.74) is -0.422. The van der Waals surface area contributed by atoms with Crippen molar-refractivity contribution in [3.05, 3.63) is 0 Å². The summed E-state index contributed by atoms with van der Waals surface area (Å²) in [6.45, 7) is 6.93. The number of hydrogen-bond acceptors (Lipinski definition) is 3. The molecule has 0 aliphatic carbocycles. The molecule has 0 aromatic rings. The van der Waals surface area contributed by atoms with E-state index in [1.165, 1.54) is 0 Å². The largest absolute Gasteiger partial charge is 0.444 e. The lowest BCUT2D eigenvalue weighted by atomic mass is 10.2. The molecule has 0 aromatic carbocycles. The van der Waals surface area contributed by atoms with Gasteiger partial charge in [0.05, 0.1) is 4.61 Å². The number of carbonyl (C=O) groups is 1. The van der Waals surface area contributed by atoms with E-state index in [-0.39, 0.29) is 6.09 Å². The van der Waals surface area contributed by atoms with Gasteiger partial charge in [-0.2, -0.15) is 0 Å². The Morgan fingerprint density at radius 2 is 2.00 bits per heavy atom. The number of ether oxygens (including phenoxy) is 2. The van der Waals surface area contributed by atoms with E-state index < -0.39 is 5.60 Å². The zero-order valence-electron chi connectivity index (χ0n) is 9.64. The highest BCUT2D eigenvalue weighted by molar-refractivity contribution is 14.1. The van der Waals surface area contributed by atoms with Gasteiger partial charge in [-0.25, -0.2) is 4.79 Å². The molecule has 0 aromatic heterocycles. The van der Waals surface area contributed by atoms with E-state index in [1.807, 2.05) is 20.8 Å². The van der Waals surface area contributed by atoms with Crippen LogP contribution in [0.5, 0.6) is 0 Å². The lowest BCUT2D eigenvalue weighted by molar-refractivity contribution is 0.0525. The Kier molecular flexibility index (Phi) is 8.13. The smallest absolute Gasteiger partial charge is 0.407 e. The van der Waals surface area contributed by atoms with Crippen LogP contribution in [0.25, 0.3) is 0 Å². The maximum absolute atomic E-state index is 11.2. The van der Waals surface area contributed by atoms with Crippen LogP contribution in [0.4, 0.5) is 4.79 Å². The first-order valence-corrected chi connectivity index (χ1v) is 6.59. The lowest BCUT2D eigenvalue weighted by Gasteiger charge is -2.19. The number of halogens is 1. The standard InChI is InChI=1S/C10H20INO3/c1-10(2,3)15-9(13)12-6-4-5-7-14-8-11/h4-8H2,1-3H3,(H,12,13). The third-order valence-electron chi connectivity index (χ3n) is 1.46. The highest BCUT2D eigenvalue weighted by Crippen LogP contribution is 2.06. The molecule has 0 heterocycles. The van der Waals surface area contributed by atoms with Crippen LogP contribution in [0.3, 0.4) is 0 Å². The zero-order chi connectivity index (χ0) is 11.7. The molecule has 0 spiro atoms. The van der Waals surface area contributed by atoms with Crippen molar-refractivity contribution in [1.82, 2.24) is 5.32 Å². The number of rotatable bonds is 6. The molecule has 5 heteroatoms. The Bertz CT molecular complexity index is 180. The van der Waals surface area contributed by atoms with E-state index in [4.69, 9.17) is 9.47 Å². The SMILES string of the molecule is CC(C)(C)OC(=O)NCCCCOCI. The molecule has 0 saturated carbocycles. The summed E-state index contributed by atoms with van der Waals surface area (Å²) >= 11 is 2.16. The molecule has 0 atom stereocenters. The van der Waals surface area contributed by atoms with Gasteiger partial charge in [-0.1, -0.05) is 22.6 Å². The Morgan fingerprint density at radius 1 is 1.33 bits per heavy atom. The molecule has 0 bridgehead atoms. The van der Waals surface area contributed by atoms with Gasteiger partial charge in [0, 0.05) is 13.2 Å². The van der Waals surface area contributed by atoms with Crippen LogP contribution in [-0.4, -0.2) is 29.5 Å². The summed E-state index contributed by atoms with van der Waals surface area (Å²) in [6.07, 6.45) is 1.52. The quantitative estimate of drug-likeness (QED) is 0.463. The fourth-order valence-corrected chi connectivity index (χ4v) is 1.20. The van der Waals surface area contributed by atoms with Gasteiger partial charge in [-0.05, 0) is 33.6 Å². The monoisotopic (exact) mass is 329 g/mol. The molecule has 0 aliphatic heterocycles. The normalized spacial score (nSPS) is 11.2. The highest BCUT2D eigenvalue weighted by atomic mass is 127. The minimum atomic E-state index is -0.422. The molecule has 4 nitrogen and oxygen atoms in total. The second-order valence-corrected chi connectivity index (χ2v) is 4.78. The molecule has 1 amide bonds. The Morgan fingerprint density at radius 3 is 2.53 bits per heavy atom. The van der Waals surface area contributed by atoms with E-state index in [0.717, 1.165) is 24.1 Å². The maximum Gasteiger partial charge on any atom is 0.407 e. The molecule has 90 valence electrons. The minimum absolute atomic E-state index is 0.350. The van der Waals surface area contributed by atoms with Gasteiger partial charge in [0.2, 0.25) is 0 Å². The van der Waals surface area contributed by atoms with E-state index in [9.17, 15) is 4.79 Å². The first kappa shape index (κ1) is 15.0. The van der Waals surface area contributed by atoms with Crippen LogP contribution in [-0.2, 0) is 9.47 Å². The predicted molar refractivity (Wildman–Crippen MR) is 68.3 cm³/mol. The average Bonchev–Trinajstić information content (AvgIpc) is 2.08. The average molecular weight is 329 g/mol. The second kappa shape index (κ2) is 8.15. The van der Waals surface area contributed by atoms with Gasteiger partial charge in [-0.3, -0.25) is 0 Å². The van der Waals surface area contributed by atoms with E-state index in [0.29, 0.717) is 6.54 Å². The highest BCUT2D eigenvalue weighted by Gasteiger charge is 2.15. The summed E-state index contributed by atoms with van der Waals surface area (Å²) < 4.78 is 11.0. The Balaban J connectivity index is 3.32. The number of alkyl halides is 1. The van der Waals surface area contributed by atoms with Crippen molar-refractivity contribution in [3.63, 3.8) is 0 Å². The molecule has 0 saturated heterocycles. The van der Waals surface area contributed by atoms with Crippen molar-refractivity contribution in [1.29, 1.82) is 0 Å². The number of hydrogen-bond donors (Lipinski definition) is 1. The number of amides is 1. The van der Waals surface area contributed by atoms with Crippen LogP contribution >= 0.6 is 22.6 Å². The Labute approximate surface area is 105 Å². The molecule has 0 rings (SSSR count). The van der Waals surface area contributed by atoms with E-state index in [2.05, 4.69) is 27.9 Å². The molecule has 1 N–H and O–H groups in total. The van der Waals surface area contributed by atoms with Crippen LogP contribution in [0.1, 0.15) is 33.6 Å². The van der Waals surface area contributed by atoms with Gasteiger partial charge in [0.15, 0.2) is 0 Å². The van der Waals surface area contributed by atoms with Gasteiger partial charge >= 0.3 is 6.09 Å². The van der Waals surface area contributed by atoms with Crippen molar-refractivity contribution < 1.29 is 14.3 Å². The van der Waals surface area contributed by atoms with Crippen molar-refractivity contribution in [2.75, 3.05) is 17.8 Å². The third kappa shape index (κ3) is 11.9. The third-order valence-corrected chi connectivity index (χ3v) is 1.90. The molecule has 0 fully saturated rings. The van der Waals surface area contributed by atoms with Crippen LogP contribution < -0.4 is 5.32 Å². The first-order chi connectivity index (χ1) is 6.95. The van der Waals surface area contributed by atoms with Crippen molar-refractivity contribution in [3.8, 4) is 0 Å². The number of nitrogens with one attached hydrogen (secondary N) is 1. The van der Waals surface area contributed by atoms with Gasteiger partial charge < -0.3 is 14.8 Å². The van der Waals surface area contributed by atoms with Crippen molar-refractivity contribution in [2.24, 2.45) is 0 Å². The summed E-state index contributed by atoms with van der Waals surface area (Å²) in [5, 5.41) is 2.70. The van der Waals surface area contributed by atoms with Gasteiger partial charge in [0.1, 0.15) is 5.60 Å². The second-order valence-electron chi connectivity index (χ2n) is 4.15. The molecular weight excluding hydrogens is 309 g/mol. The first-order valence-electron chi connectivity index (χ1n) is 5.06. The predicted octanol–water partition coefficient (Wildman–Crippen LogP) is 2.70. The zero-order valence-corrected chi connectivity index (χ0v) is 11.8. The van der Waals surface area contributed by atoms with Crippen LogP contribution in [0, 0.1) is 0 Å². The van der Waals surface area contributed by atoms with Crippen molar-refractivity contribution >= 4 is 28.7 Å². The van der Waals surface area contributed by atoms with Crippen LogP contribution in [0.15, 0.2) is 0 Å². The summed E-state index contributed by atoms with van der Waals surface area (Å²) in [5.74, 6) is 0. The lowest BCUT2D eigenvalue weighted by Crippen LogP contribution is -2.33. The summed E-state index contributed by atoms with van der Waals surface area (Å²) in [6, 6.07) is 0.